The van der Waals surface area contributed by atoms with Crippen LogP contribution >= 0.6 is 0 Å². The molecule has 1 heterocycles. The number of sulfonamides is 1. The number of hydrogen-bond donors (Lipinski definition) is 1. The summed E-state index contributed by atoms with van der Waals surface area (Å²) in [5.74, 6) is -0.566. The van der Waals surface area contributed by atoms with Crippen LogP contribution in [0.25, 0.3) is 0 Å². The molecule has 1 aliphatic heterocycles. The fourth-order valence-electron chi connectivity index (χ4n) is 3.18. The molecule has 28 heavy (non-hydrogen) atoms. The van der Waals surface area contributed by atoms with Gasteiger partial charge in [0.1, 0.15) is 0 Å². The average Bonchev–Trinajstić information content (AvgIpc) is 3.08. The van der Waals surface area contributed by atoms with E-state index < -0.39 is 16.0 Å². The van der Waals surface area contributed by atoms with Crippen LogP contribution in [-0.2, 0) is 19.6 Å². The van der Waals surface area contributed by atoms with Gasteiger partial charge in [-0.1, -0.05) is 12.1 Å². The number of nitrogens with zero attached hydrogens (tertiary/aromatic N) is 1. The highest BCUT2D eigenvalue weighted by molar-refractivity contribution is 7.92. The van der Waals surface area contributed by atoms with Crippen LogP contribution in [0.5, 0.6) is 0 Å². The van der Waals surface area contributed by atoms with Gasteiger partial charge in [-0.2, -0.15) is 0 Å². The van der Waals surface area contributed by atoms with E-state index in [2.05, 4.69) is 4.72 Å². The SMILES string of the molecule is COC(=O)c1cc(S(=O)(=O)Nc2ccc(C)c(N3CCCC3=O)c2)ccc1C. The molecule has 0 unspecified atom stereocenters. The molecule has 0 aromatic heterocycles. The number of aryl methyl sites for hydroxylation is 2. The van der Waals surface area contributed by atoms with E-state index in [0.717, 1.165) is 12.0 Å². The number of ether oxygens (including phenoxy) is 1. The van der Waals surface area contributed by atoms with Gasteiger partial charge in [0.25, 0.3) is 10.0 Å². The molecule has 1 aliphatic rings. The highest BCUT2D eigenvalue weighted by atomic mass is 32.2. The largest absolute Gasteiger partial charge is 0.465 e. The first kappa shape index (κ1) is 19.9. The van der Waals surface area contributed by atoms with E-state index in [1.54, 1.807) is 36.1 Å². The van der Waals surface area contributed by atoms with Crippen molar-refractivity contribution < 1.29 is 22.7 Å². The van der Waals surface area contributed by atoms with Crippen LogP contribution in [0.3, 0.4) is 0 Å². The second-order valence-corrected chi connectivity index (χ2v) is 8.41. The second-order valence-electron chi connectivity index (χ2n) is 6.72. The number of nitrogens with one attached hydrogen (secondary N) is 1. The molecule has 3 rings (SSSR count). The first-order chi connectivity index (χ1) is 13.2. The summed E-state index contributed by atoms with van der Waals surface area (Å²) in [4.78, 5) is 25.5. The standard InChI is InChI=1S/C20H22N2O5S/c1-13-7-9-16(12-17(13)20(24)27-3)28(25,26)21-15-8-6-14(2)18(11-15)22-10-4-5-19(22)23/h6-9,11-12,21H,4-5,10H2,1-3H3. The molecule has 0 atom stereocenters. The topological polar surface area (TPSA) is 92.8 Å². The van der Waals surface area contributed by atoms with Crippen molar-refractivity contribution in [3.63, 3.8) is 0 Å². The third-order valence-corrected chi connectivity index (χ3v) is 6.13. The molecule has 1 N–H and O–H groups in total. The van der Waals surface area contributed by atoms with Crippen LogP contribution < -0.4 is 9.62 Å². The number of rotatable bonds is 5. The average molecular weight is 402 g/mol. The normalized spacial score (nSPS) is 14.2. The van der Waals surface area contributed by atoms with Gasteiger partial charge in [-0.25, -0.2) is 13.2 Å². The maximum absolute atomic E-state index is 12.8. The third kappa shape index (κ3) is 3.87. The van der Waals surface area contributed by atoms with Gasteiger partial charge in [0, 0.05) is 18.7 Å². The van der Waals surface area contributed by atoms with Crippen molar-refractivity contribution in [3.05, 3.63) is 53.1 Å². The van der Waals surface area contributed by atoms with E-state index in [9.17, 15) is 18.0 Å². The molecular weight excluding hydrogens is 380 g/mol. The Morgan fingerprint density at radius 2 is 1.82 bits per heavy atom. The molecular formula is C20H22N2O5S. The third-order valence-electron chi connectivity index (χ3n) is 4.75. The van der Waals surface area contributed by atoms with Crippen molar-refractivity contribution in [2.45, 2.75) is 31.6 Å². The van der Waals surface area contributed by atoms with Crippen molar-refractivity contribution in [3.8, 4) is 0 Å². The smallest absolute Gasteiger partial charge is 0.338 e. The van der Waals surface area contributed by atoms with Crippen LogP contribution in [0.4, 0.5) is 11.4 Å². The summed E-state index contributed by atoms with van der Waals surface area (Å²) in [6.45, 7) is 4.20. The number of amides is 1. The molecule has 0 spiro atoms. The van der Waals surface area contributed by atoms with Gasteiger partial charge in [-0.3, -0.25) is 9.52 Å². The van der Waals surface area contributed by atoms with Gasteiger partial charge in [0.05, 0.1) is 23.3 Å². The molecule has 8 heteroatoms. The first-order valence-corrected chi connectivity index (χ1v) is 10.3. The molecule has 148 valence electrons. The van der Waals surface area contributed by atoms with Gasteiger partial charge < -0.3 is 9.64 Å². The lowest BCUT2D eigenvalue weighted by atomic mass is 10.1. The Morgan fingerprint density at radius 1 is 1.11 bits per heavy atom. The monoisotopic (exact) mass is 402 g/mol. The van der Waals surface area contributed by atoms with E-state index in [1.807, 2.05) is 6.92 Å². The molecule has 0 aliphatic carbocycles. The van der Waals surface area contributed by atoms with Crippen LogP contribution in [0.2, 0.25) is 0 Å². The first-order valence-electron chi connectivity index (χ1n) is 8.86. The lowest BCUT2D eigenvalue weighted by Crippen LogP contribution is -2.24. The summed E-state index contributed by atoms with van der Waals surface area (Å²) >= 11 is 0. The Morgan fingerprint density at radius 3 is 2.46 bits per heavy atom. The highest BCUT2D eigenvalue weighted by Gasteiger charge is 2.24. The van der Waals surface area contributed by atoms with Crippen molar-refractivity contribution in [1.29, 1.82) is 0 Å². The van der Waals surface area contributed by atoms with E-state index in [-0.39, 0.29) is 16.4 Å². The zero-order valence-corrected chi connectivity index (χ0v) is 16.8. The Hall–Kier alpha value is -2.87. The van der Waals surface area contributed by atoms with Gasteiger partial charge in [0.15, 0.2) is 0 Å². The minimum atomic E-state index is -3.92. The number of carbonyl (C=O) groups excluding carboxylic acids is 2. The molecule has 1 saturated heterocycles. The van der Waals surface area contributed by atoms with Crippen LogP contribution in [-0.4, -0.2) is 33.9 Å². The van der Waals surface area contributed by atoms with E-state index in [4.69, 9.17) is 4.74 Å². The minimum absolute atomic E-state index is 0.0318. The number of anilines is 2. The molecule has 2 aromatic carbocycles. The van der Waals surface area contributed by atoms with Crippen LogP contribution in [0, 0.1) is 13.8 Å². The zero-order chi connectivity index (χ0) is 20.5. The maximum atomic E-state index is 12.8. The van der Waals surface area contributed by atoms with Gasteiger partial charge in [-0.05, 0) is 55.7 Å². The number of carbonyl (C=O) groups is 2. The van der Waals surface area contributed by atoms with Gasteiger partial charge >= 0.3 is 5.97 Å². The van der Waals surface area contributed by atoms with E-state index >= 15 is 0 Å². The Balaban J connectivity index is 1.93. The summed E-state index contributed by atoms with van der Waals surface area (Å²) in [5.41, 5.74) is 2.75. The zero-order valence-electron chi connectivity index (χ0n) is 16.0. The summed E-state index contributed by atoms with van der Waals surface area (Å²) < 4.78 is 32.9. The Kier molecular flexibility index (Phi) is 5.42. The van der Waals surface area contributed by atoms with Crippen LogP contribution in [0.1, 0.15) is 34.3 Å². The maximum Gasteiger partial charge on any atom is 0.338 e. The Bertz CT molecular complexity index is 1050. The predicted octanol–water partition coefficient (Wildman–Crippen LogP) is 3.02. The number of hydrogen-bond acceptors (Lipinski definition) is 5. The van der Waals surface area contributed by atoms with Gasteiger partial charge in [0.2, 0.25) is 5.91 Å². The Labute approximate surface area is 164 Å². The summed E-state index contributed by atoms with van der Waals surface area (Å²) in [5, 5.41) is 0. The number of benzene rings is 2. The lowest BCUT2D eigenvalue weighted by Gasteiger charge is -2.20. The fraction of sp³-hybridized carbons (Fsp3) is 0.300. The van der Waals surface area contributed by atoms with Crippen molar-refractivity contribution in [2.24, 2.45) is 0 Å². The molecule has 0 bridgehead atoms. The molecule has 2 aromatic rings. The van der Waals surface area contributed by atoms with E-state index in [1.165, 1.54) is 19.2 Å². The second kappa shape index (κ2) is 7.63. The van der Waals surface area contributed by atoms with E-state index in [0.29, 0.717) is 29.9 Å². The lowest BCUT2D eigenvalue weighted by molar-refractivity contribution is -0.117. The number of methoxy groups -OCH3 is 1. The summed E-state index contributed by atoms with van der Waals surface area (Å²) in [6.07, 6.45) is 1.28. The van der Waals surface area contributed by atoms with Crippen molar-refractivity contribution in [2.75, 3.05) is 23.3 Å². The van der Waals surface area contributed by atoms with Gasteiger partial charge in [-0.15, -0.1) is 0 Å². The van der Waals surface area contributed by atoms with Crippen molar-refractivity contribution >= 4 is 33.3 Å². The quantitative estimate of drug-likeness (QED) is 0.776. The molecule has 0 radical (unpaired) electrons. The molecule has 0 saturated carbocycles. The summed E-state index contributed by atoms with van der Waals surface area (Å²) in [6, 6.07) is 9.36. The highest BCUT2D eigenvalue weighted by Crippen LogP contribution is 2.29. The van der Waals surface area contributed by atoms with Crippen molar-refractivity contribution in [1.82, 2.24) is 0 Å². The minimum Gasteiger partial charge on any atom is -0.465 e. The molecule has 7 nitrogen and oxygen atoms in total. The summed E-state index contributed by atoms with van der Waals surface area (Å²) in [7, 11) is -2.68. The predicted molar refractivity (Wildman–Crippen MR) is 106 cm³/mol. The number of esters is 1. The molecule has 1 amide bonds. The molecule has 1 fully saturated rings. The fourth-order valence-corrected chi connectivity index (χ4v) is 4.25. The van der Waals surface area contributed by atoms with Crippen LogP contribution in [0.15, 0.2) is 41.3 Å².